The van der Waals surface area contributed by atoms with Crippen molar-refractivity contribution in [3.63, 3.8) is 0 Å². The molecule has 20 heavy (non-hydrogen) atoms. The molecule has 0 heterocycles. The highest BCUT2D eigenvalue weighted by Gasteiger charge is 2.17. The number of phenolic OH excluding ortho intramolecular Hbond substituents is 2. The summed E-state index contributed by atoms with van der Waals surface area (Å²) in [5.74, 6) is 1.46. The first-order valence-electron chi connectivity index (χ1n) is 6.30. The van der Waals surface area contributed by atoms with Crippen molar-refractivity contribution in [3.05, 3.63) is 47.5 Å². The van der Waals surface area contributed by atoms with E-state index in [0.717, 1.165) is 0 Å². The highest BCUT2D eigenvalue weighted by atomic mass is 16.5. The standard InChI is InChI=1S/C16H18O4/c1-10(13-8-11(19-2)4-6-15(13)17)14-9-12(20-3)5-7-16(14)18/h4-10,17-18H,1-3H3. The molecule has 0 saturated carbocycles. The molecule has 0 aromatic heterocycles. The van der Waals surface area contributed by atoms with E-state index in [1.807, 2.05) is 6.92 Å². The number of rotatable bonds is 4. The van der Waals surface area contributed by atoms with E-state index < -0.39 is 0 Å². The van der Waals surface area contributed by atoms with Crippen LogP contribution in [0.4, 0.5) is 0 Å². The Bertz CT molecular complexity index is 554. The molecule has 2 N–H and O–H groups in total. The molecule has 0 aliphatic rings. The topological polar surface area (TPSA) is 58.9 Å². The van der Waals surface area contributed by atoms with E-state index in [0.29, 0.717) is 22.6 Å². The third-order valence-corrected chi connectivity index (χ3v) is 3.40. The SMILES string of the molecule is COc1ccc(O)c(C(C)c2cc(OC)ccc2O)c1. The Labute approximate surface area is 118 Å². The Morgan fingerprint density at radius 2 is 1.20 bits per heavy atom. The van der Waals surface area contributed by atoms with Crippen LogP contribution in [0.1, 0.15) is 24.0 Å². The first-order chi connectivity index (χ1) is 9.56. The van der Waals surface area contributed by atoms with Gasteiger partial charge in [-0.15, -0.1) is 0 Å². The lowest BCUT2D eigenvalue weighted by Gasteiger charge is -2.17. The second-order valence-electron chi connectivity index (χ2n) is 4.57. The minimum atomic E-state index is -0.194. The summed E-state index contributed by atoms with van der Waals surface area (Å²) >= 11 is 0. The predicted octanol–water partition coefficient (Wildman–Crippen LogP) is 3.27. The third kappa shape index (κ3) is 2.64. The van der Waals surface area contributed by atoms with E-state index in [9.17, 15) is 10.2 Å². The van der Waals surface area contributed by atoms with E-state index in [4.69, 9.17) is 9.47 Å². The second-order valence-corrected chi connectivity index (χ2v) is 4.57. The van der Waals surface area contributed by atoms with Gasteiger partial charge in [-0.05, 0) is 36.4 Å². The van der Waals surface area contributed by atoms with Crippen molar-refractivity contribution < 1.29 is 19.7 Å². The summed E-state index contributed by atoms with van der Waals surface area (Å²) in [5.41, 5.74) is 1.38. The van der Waals surface area contributed by atoms with Gasteiger partial charge in [0.1, 0.15) is 23.0 Å². The van der Waals surface area contributed by atoms with Crippen molar-refractivity contribution in [2.24, 2.45) is 0 Å². The number of aromatic hydroxyl groups is 2. The van der Waals surface area contributed by atoms with E-state index in [1.54, 1.807) is 50.6 Å². The van der Waals surface area contributed by atoms with Crippen LogP contribution >= 0.6 is 0 Å². The molecule has 2 aromatic rings. The average Bonchev–Trinajstić information content (AvgIpc) is 2.47. The fourth-order valence-electron chi connectivity index (χ4n) is 2.18. The Hall–Kier alpha value is -2.36. The molecule has 2 aromatic carbocycles. The summed E-state index contributed by atoms with van der Waals surface area (Å²) in [6.45, 7) is 1.91. The summed E-state index contributed by atoms with van der Waals surface area (Å²) in [7, 11) is 3.15. The number of methoxy groups -OCH3 is 2. The van der Waals surface area contributed by atoms with Gasteiger partial charge in [0.2, 0.25) is 0 Å². The molecular weight excluding hydrogens is 256 g/mol. The molecule has 2 rings (SSSR count). The zero-order chi connectivity index (χ0) is 14.7. The Kier molecular flexibility index (Phi) is 4.03. The van der Waals surface area contributed by atoms with E-state index in [-0.39, 0.29) is 17.4 Å². The van der Waals surface area contributed by atoms with Crippen LogP contribution in [0.15, 0.2) is 36.4 Å². The van der Waals surface area contributed by atoms with Crippen LogP contribution in [0.2, 0.25) is 0 Å². The normalized spacial score (nSPS) is 10.6. The van der Waals surface area contributed by atoms with E-state index in [2.05, 4.69) is 0 Å². The fraction of sp³-hybridized carbons (Fsp3) is 0.250. The van der Waals surface area contributed by atoms with Crippen molar-refractivity contribution in [3.8, 4) is 23.0 Å². The molecule has 106 valence electrons. The fourth-order valence-corrected chi connectivity index (χ4v) is 2.18. The Morgan fingerprint density at radius 3 is 1.55 bits per heavy atom. The first kappa shape index (κ1) is 14.1. The van der Waals surface area contributed by atoms with Crippen molar-refractivity contribution >= 4 is 0 Å². The van der Waals surface area contributed by atoms with Crippen LogP contribution in [-0.2, 0) is 0 Å². The predicted molar refractivity (Wildman–Crippen MR) is 76.8 cm³/mol. The quantitative estimate of drug-likeness (QED) is 0.898. The zero-order valence-electron chi connectivity index (χ0n) is 11.8. The van der Waals surface area contributed by atoms with Gasteiger partial charge in [0.15, 0.2) is 0 Å². The minimum Gasteiger partial charge on any atom is -0.508 e. The summed E-state index contributed by atoms with van der Waals surface area (Å²) in [6.07, 6.45) is 0. The van der Waals surface area contributed by atoms with Gasteiger partial charge in [-0.1, -0.05) is 6.92 Å². The smallest absolute Gasteiger partial charge is 0.119 e. The lowest BCUT2D eigenvalue weighted by Crippen LogP contribution is -1.99. The van der Waals surface area contributed by atoms with Gasteiger partial charge in [-0.3, -0.25) is 0 Å². The van der Waals surface area contributed by atoms with Crippen molar-refractivity contribution in [2.75, 3.05) is 14.2 Å². The van der Waals surface area contributed by atoms with Crippen molar-refractivity contribution in [2.45, 2.75) is 12.8 Å². The van der Waals surface area contributed by atoms with Crippen LogP contribution in [0, 0.1) is 0 Å². The molecule has 0 saturated heterocycles. The van der Waals surface area contributed by atoms with Crippen LogP contribution in [0.3, 0.4) is 0 Å². The van der Waals surface area contributed by atoms with Gasteiger partial charge < -0.3 is 19.7 Å². The number of benzene rings is 2. The molecular formula is C16H18O4. The summed E-state index contributed by atoms with van der Waals surface area (Å²) in [6, 6.07) is 10.1. The Morgan fingerprint density at radius 1 is 0.800 bits per heavy atom. The largest absolute Gasteiger partial charge is 0.508 e. The van der Waals surface area contributed by atoms with Crippen molar-refractivity contribution in [1.82, 2.24) is 0 Å². The molecule has 0 atom stereocenters. The van der Waals surface area contributed by atoms with Gasteiger partial charge in [0.25, 0.3) is 0 Å². The maximum atomic E-state index is 10.0. The molecule has 4 nitrogen and oxygen atoms in total. The van der Waals surface area contributed by atoms with Crippen LogP contribution in [0.25, 0.3) is 0 Å². The minimum absolute atomic E-state index is 0.167. The van der Waals surface area contributed by atoms with Crippen molar-refractivity contribution in [1.29, 1.82) is 0 Å². The number of hydrogen-bond donors (Lipinski definition) is 2. The molecule has 0 radical (unpaired) electrons. The Balaban J connectivity index is 2.47. The maximum absolute atomic E-state index is 10.0. The number of ether oxygens (including phenoxy) is 2. The third-order valence-electron chi connectivity index (χ3n) is 3.40. The van der Waals surface area contributed by atoms with Crippen LogP contribution in [-0.4, -0.2) is 24.4 Å². The van der Waals surface area contributed by atoms with Gasteiger partial charge >= 0.3 is 0 Å². The molecule has 0 amide bonds. The van der Waals surface area contributed by atoms with E-state index >= 15 is 0 Å². The van der Waals surface area contributed by atoms with Gasteiger partial charge in [-0.2, -0.15) is 0 Å². The van der Waals surface area contributed by atoms with E-state index in [1.165, 1.54) is 0 Å². The van der Waals surface area contributed by atoms with Crippen LogP contribution in [0.5, 0.6) is 23.0 Å². The molecule has 0 fully saturated rings. The second kappa shape index (κ2) is 5.74. The van der Waals surface area contributed by atoms with Gasteiger partial charge in [0, 0.05) is 17.0 Å². The molecule has 0 unspecified atom stereocenters. The monoisotopic (exact) mass is 274 g/mol. The average molecular weight is 274 g/mol. The molecule has 4 heteroatoms. The lowest BCUT2D eigenvalue weighted by atomic mass is 9.91. The summed E-state index contributed by atoms with van der Waals surface area (Å²) < 4.78 is 10.3. The first-order valence-corrected chi connectivity index (χ1v) is 6.30. The summed E-state index contributed by atoms with van der Waals surface area (Å²) in [4.78, 5) is 0. The van der Waals surface area contributed by atoms with Gasteiger partial charge in [-0.25, -0.2) is 0 Å². The molecule has 0 aliphatic carbocycles. The molecule has 0 bridgehead atoms. The zero-order valence-corrected chi connectivity index (χ0v) is 11.8. The highest BCUT2D eigenvalue weighted by Crippen LogP contribution is 2.38. The molecule has 0 aliphatic heterocycles. The summed E-state index contributed by atoms with van der Waals surface area (Å²) in [5, 5.41) is 20.0. The van der Waals surface area contributed by atoms with Crippen LogP contribution < -0.4 is 9.47 Å². The van der Waals surface area contributed by atoms with Gasteiger partial charge in [0.05, 0.1) is 14.2 Å². The number of phenols is 2. The lowest BCUT2D eigenvalue weighted by molar-refractivity contribution is 0.407. The number of hydrogen-bond acceptors (Lipinski definition) is 4. The maximum Gasteiger partial charge on any atom is 0.119 e. The molecule has 0 spiro atoms. The highest BCUT2D eigenvalue weighted by molar-refractivity contribution is 5.50.